The van der Waals surface area contributed by atoms with Crippen LogP contribution in [0.3, 0.4) is 0 Å². The van der Waals surface area contributed by atoms with Crippen LogP contribution in [0, 0.1) is 23.2 Å². The molecule has 1 atom stereocenters. The van der Waals surface area contributed by atoms with Crippen LogP contribution in [-0.2, 0) is 0 Å². The van der Waals surface area contributed by atoms with Gasteiger partial charge in [0.1, 0.15) is 0 Å². The summed E-state index contributed by atoms with van der Waals surface area (Å²) in [6, 6.07) is 0. The second-order valence-corrected chi connectivity index (χ2v) is 4.12. The third-order valence-corrected chi connectivity index (χ3v) is 1.35. The molecule has 1 nitrogen and oxygen atoms in total. The molecule has 0 aromatic carbocycles. The van der Waals surface area contributed by atoms with E-state index in [1.807, 2.05) is 13.0 Å². The van der Waals surface area contributed by atoms with Crippen molar-refractivity contribution in [3.63, 3.8) is 0 Å². The Kier molecular flexibility index (Phi) is 4.70. The first-order valence-electron chi connectivity index (χ1n) is 4.34. The van der Waals surface area contributed by atoms with E-state index in [9.17, 15) is 0 Å². The quantitative estimate of drug-likeness (QED) is 0.592. The summed E-state index contributed by atoms with van der Waals surface area (Å²) in [5.41, 5.74) is 5.64. The second kappa shape index (κ2) is 5.00. The van der Waals surface area contributed by atoms with E-state index in [1.54, 1.807) is 0 Å². The zero-order valence-electron chi connectivity index (χ0n) is 8.52. The Morgan fingerprint density at radius 2 is 2.00 bits per heavy atom. The average molecular weight is 165 g/mol. The summed E-state index contributed by atoms with van der Waals surface area (Å²) < 4.78 is 0. The number of hydrogen-bond donors (Lipinski definition) is 1. The fourth-order valence-corrected chi connectivity index (χ4v) is 0.541. The second-order valence-electron chi connectivity index (χ2n) is 4.12. The van der Waals surface area contributed by atoms with Crippen molar-refractivity contribution in [1.82, 2.24) is 0 Å². The van der Waals surface area contributed by atoms with Crippen LogP contribution in [0.4, 0.5) is 0 Å². The summed E-state index contributed by atoms with van der Waals surface area (Å²) in [6.45, 7) is 9.11. The largest absolute Gasteiger partial charge is 0.329 e. The van der Waals surface area contributed by atoms with Crippen LogP contribution in [0.2, 0.25) is 0 Å². The zero-order chi connectivity index (χ0) is 9.61. The standard InChI is InChI=1S/C11H19N/c1-10(9-12)7-5-6-8-11(2,3)4/h6,8,10H,9,12H2,1-4H3. The molecular weight excluding hydrogens is 146 g/mol. The van der Waals surface area contributed by atoms with E-state index < -0.39 is 0 Å². The van der Waals surface area contributed by atoms with E-state index in [1.165, 1.54) is 0 Å². The van der Waals surface area contributed by atoms with E-state index in [-0.39, 0.29) is 5.41 Å². The normalized spacial score (nSPS) is 14.1. The molecule has 0 aromatic heterocycles. The highest BCUT2D eigenvalue weighted by atomic mass is 14.5. The summed E-state index contributed by atoms with van der Waals surface area (Å²) >= 11 is 0. The van der Waals surface area contributed by atoms with Crippen molar-refractivity contribution in [1.29, 1.82) is 0 Å². The molecule has 1 heteroatoms. The molecule has 0 aliphatic carbocycles. The molecule has 0 aromatic rings. The van der Waals surface area contributed by atoms with Gasteiger partial charge in [0.2, 0.25) is 0 Å². The van der Waals surface area contributed by atoms with E-state index in [4.69, 9.17) is 5.73 Å². The highest BCUT2D eigenvalue weighted by Gasteiger charge is 2.01. The molecule has 0 saturated heterocycles. The fourth-order valence-electron chi connectivity index (χ4n) is 0.541. The Bertz CT molecular complexity index is 197. The van der Waals surface area contributed by atoms with E-state index in [0.717, 1.165) is 0 Å². The Morgan fingerprint density at radius 3 is 2.42 bits per heavy atom. The monoisotopic (exact) mass is 165 g/mol. The van der Waals surface area contributed by atoms with E-state index >= 15 is 0 Å². The molecule has 0 aliphatic heterocycles. The molecule has 68 valence electrons. The summed E-state index contributed by atoms with van der Waals surface area (Å²) in [5, 5.41) is 0. The van der Waals surface area contributed by atoms with Crippen molar-refractivity contribution in [3.05, 3.63) is 12.2 Å². The van der Waals surface area contributed by atoms with Crippen LogP contribution < -0.4 is 5.73 Å². The molecule has 0 fully saturated rings. The van der Waals surface area contributed by atoms with Gasteiger partial charge in [-0.1, -0.05) is 45.6 Å². The van der Waals surface area contributed by atoms with Gasteiger partial charge < -0.3 is 5.73 Å². The highest BCUT2D eigenvalue weighted by molar-refractivity contribution is 5.18. The van der Waals surface area contributed by atoms with Crippen molar-refractivity contribution >= 4 is 0 Å². The van der Waals surface area contributed by atoms with E-state index in [2.05, 4.69) is 38.7 Å². The Balaban J connectivity index is 3.94. The van der Waals surface area contributed by atoms with Gasteiger partial charge in [0.25, 0.3) is 0 Å². The van der Waals surface area contributed by atoms with Crippen LogP contribution >= 0.6 is 0 Å². The fraction of sp³-hybridized carbons (Fsp3) is 0.636. The highest BCUT2D eigenvalue weighted by Crippen LogP contribution is 2.13. The minimum atomic E-state index is 0.223. The topological polar surface area (TPSA) is 26.0 Å². The molecule has 0 spiro atoms. The molecular formula is C11H19N. The molecule has 0 rings (SSSR count). The molecule has 0 bridgehead atoms. The molecule has 1 unspecified atom stereocenters. The first-order valence-corrected chi connectivity index (χ1v) is 4.34. The molecule has 0 amide bonds. The lowest BCUT2D eigenvalue weighted by molar-refractivity contribution is 0.544. The van der Waals surface area contributed by atoms with Gasteiger partial charge in [-0.3, -0.25) is 0 Å². The van der Waals surface area contributed by atoms with Gasteiger partial charge >= 0.3 is 0 Å². The average Bonchev–Trinajstić information content (AvgIpc) is 1.96. The van der Waals surface area contributed by atoms with Crippen molar-refractivity contribution < 1.29 is 0 Å². The SMILES string of the molecule is CC(C#CC=CC(C)(C)C)CN. The van der Waals surface area contributed by atoms with Gasteiger partial charge in [-0.25, -0.2) is 0 Å². The first kappa shape index (κ1) is 11.3. The van der Waals surface area contributed by atoms with Crippen molar-refractivity contribution in [2.45, 2.75) is 27.7 Å². The maximum absolute atomic E-state index is 5.41. The number of allylic oxidation sites excluding steroid dienone is 2. The Hall–Kier alpha value is -0.740. The summed E-state index contributed by atoms with van der Waals surface area (Å²) in [7, 11) is 0. The summed E-state index contributed by atoms with van der Waals surface area (Å²) in [5.74, 6) is 6.33. The van der Waals surface area contributed by atoms with Gasteiger partial charge in [0, 0.05) is 12.5 Å². The molecule has 0 radical (unpaired) electrons. The number of nitrogens with two attached hydrogens (primary N) is 1. The van der Waals surface area contributed by atoms with E-state index in [0.29, 0.717) is 12.5 Å². The van der Waals surface area contributed by atoms with Gasteiger partial charge in [-0.15, -0.1) is 0 Å². The van der Waals surface area contributed by atoms with Crippen molar-refractivity contribution in [3.8, 4) is 11.8 Å². The van der Waals surface area contributed by atoms with Gasteiger partial charge in [0.05, 0.1) is 0 Å². The maximum Gasteiger partial charge on any atom is 0.0300 e. The van der Waals surface area contributed by atoms with Gasteiger partial charge in [-0.05, 0) is 11.5 Å². The van der Waals surface area contributed by atoms with Gasteiger partial charge in [0.15, 0.2) is 0 Å². The maximum atomic E-state index is 5.41. The van der Waals surface area contributed by atoms with Gasteiger partial charge in [-0.2, -0.15) is 0 Å². The van der Waals surface area contributed by atoms with Crippen LogP contribution in [0.5, 0.6) is 0 Å². The minimum absolute atomic E-state index is 0.223. The number of hydrogen-bond acceptors (Lipinski definition) is 1. The summed E-state index contributed by atoms with van der Waals surface area (Å²) in [6.07, 6.45) is 4.01. The third kappa shape index (κ3) is 7.37. The summed E-state index contributed by atoms with van der Waals surface area (Å²) in [4.78, 5) is 0. The molecule has 0 saturated carbocycles. The van der Waals surface area contributed by atoms with Crippen LogP contribution in [0.15, 0.2) is 12.2 Å². The predicted octanol–water partition coefficient (Wildman–Crippen LogP) is 2.19. The molecule has 12 heavy (non-hydrogen) atoms. The molecule has 0 aliphatic rings. The lowest BCUT2D eigenvalue weighted by Gasteiger charge is -2.09. The molecule has 2 N–H and O–H groups in total. The van der Waals surface area contributed by atoms with Crippen molar-refractivity contribution in [2.75, 3.05) is 6.54 Å². The third-order valence-electron chi connectivity index (χ3n) is 1.35. The minimum Gasteiger partial charge on any atom is -0.329 e. The zero-order valence-corrected chi connectivity index (χ0v) is 8.52. The first-order chi connectivity index (χ1) is 5.45. The lowest BCUT2D eigenvalue weighted by Crippen LogP contribution is -2.07. The van der Waals surface area contributed by atoms with Crippen LogP contribution in [0.1, 0.15) is 27.7 Å². The smallest absolute Gasteiger partial charge is 0.0300 e. The Labute approximate surface area is 76.0 Å². The Morgan fingerprint density at radius 1 is 1.42 bits per heavy atom. The number of rotatable bonds is 1. The van der Waals surface area contributed by atoms with Crippen LogP contribution in [0.25, 0.3) is 0 Å². The molecule has 0 heterocycles. The van der Waals surface area contributed by atoms with Crippen molar-refractivity contribution in [2.24, 2.45) is 17.1 Å². The van der Waals surface area contributed by atoms with Crippen LogP contribution in [-0.4, -0.2) is 6.54 Å². The lowest BCUT2D eigenvalue weighted by atomic mass is 9.96. The predicted molar refractivity (Wildman–Crippen MR) is 54.6 cm³/mol.